The van der Waals surface area contributed by atoms with Crippen LogP contribution < -0.4 is 10.7 Å². The van der Waals surface area contributed by atoms with Crippen LogP contribution in [-0.4, -0.2) is 57.1 Å². The van der Waals surface area contributed by atoms with Gasteiger partial charge in [0.25, 0.3) is 5.91 Å². The number of nitrogens with one attached hydrogen (secondary N) is 2. The van der Waals surface area contributed by atoms with E-state index < -0.39 is 29.2 Å². The SMILES string of the molecule is CC(=O)NN=CC1=C(C(=O)O)N2C(=O)C(NC(=O)Cc3ccccc3)[C@@H]2SC1. The lowest BCUT2D eigenvalue weighted by atomic mass is 10.0. The zero-order valence-corrected chi connectivity index (χ0v) is 15.7. The van der Waals surface area contributed by atoms with E-state index in [9.17, 15) is 24.3 Å². The molecule has 1 fully saturated rings. The fourth-order valence-electron chi connectivity index (χ4n) is 2.95. The maximum absolute atomic E-state index is 12.5. The molecule has 2 atom stereocenters. The molecule has 0 bridgehead atoms. The molecule has 0 aromatic heterocycles. The first-order valence-corrected chi connectivity index (χ1v) is 9.47. The predicted molar refractivity (Wildman–Crippen MR) is 102 cm³/mol. The molecule has 28 heavy (non-hydrogen) atoms. The van der Waals surface area contributed by atoms with Crippen molar-refractivity contribution < 1.29 is 24.3 Å². The van der Waals surface area contributed by atoms with E-state index in [1.54, 1.807) is 0 Å². The number of benzene rings is 1. The number of aliphatic carboxylic acids is 1. The van der Waals surface area contributed by atoms with Gasteiger partial charge in [0, 0.05) is 18.2 Å². The molecule has 2 aliphatic rings. The first-order chi connectivity index (χ1) is 13.4. The summed E-state index contributed by atoms with van der Waals surface area (Å²) in [6.07, 6.45) is 1.36. The Morgan fingerprint density at radius 1 is 1.32 bits per heavy atom. The molecule has 10 heteroatoms. The van der Waals surface area contributed by atoms with Crippen molar-refractivity contribution in [3.63, 3.8) is 0 Å². The summed E-state index contributed by atoms with van der Waals surface area (Å²) in [5, 5.41) is 15.4. The lowest BCUT2D eigenvalue weighted by Gasteiger charge is -2.49. The zero-order valence-electron chi connectivity index (χ0n) is 14.9. The molecule has 146 valence electrons. The van der Waals surface area contributed by atoms with Gasteiger partial charge < -0.3 is 10.4 Å². The average molecular weight is 402 g/mol. The smallest absolute Gasteiger partial charge is 0.353 e. The molecule has 2 heterocycles. The number of rotatable bonds is 6. The van der Waals surface area contributed by atoms with Crippen LogP contribution in [-0.2, 0) is 25.6 Å². The van der Waals surface area contributed by atoms with Gasteiger partial charge in [-0.2, -0.15) is 5.10 Å². The molecular weight excluding hydrogens is 384 g/mol. The van der Waals surface area contributed by atoms with Gasteiger partial charge in [-0.1, -0.05) is 30.3 Å². The van der Waals surface area contributed by atoms with E-state index in [-0.39, 0.29) is 23.8 Å². The number of hydrogen-bond donors (Lipinski definition) is 3. The Kier molecular flexibility index (Phi) is 5.78. The highest BCUT2D eigenvalue weighted by Gasteiger charge is 2.54. The number of β-lactam (4-membered cyclic amide) rings is 1. The highest BCUT2D eigenvalue weighted by atomic mass is 32.2. The van der Waals surface area contributed by atoms with Crippen molar-refractivity contribution in [1.82, 2.24) is 15.6 Å². The first kappa shape index (κ1) is 19.6. The number of amides is 3. The molecule has 3 N–H and O–H groups in total. The van der Waals surface area contributed by atoms with Crippen molar-refractivity contribution in [2.45, 2.75) is 24.8 Å². The minimum absolute atomic E-state index is 0.137. The maximum atomic E-state index is 12.5. The van der Waals surface area contributed by atoms with Gasteiger partial charge >= 0.3 is 5.97 Å². The Balaban J connectivity index is 1.70. The topological polar surface area (TPSA) is 128 Å². The van der Waals surface area contributed by atoms with Crippen LogP contribution in [0.3, 0.4) is 0 Å². The molecule has 1 saturated heterocycles. The van der Waals surface area contributed by atoms with E-state index in [1.807, 2.05) is 30.3 Å². The summed E-state index contributed by atoms with van der Waals surface area (Å²) < 4.78 is 0. The number of thioether (sulfide) groups is 1. The zero-order chi connectivity index (χ0) is 20.3. The van der Waals surface area contributed by atoms with Crippen LogP contribution in [0, 0.1) is 0 Å². The van der Waals surface area contributed by atoms with Gasteiger partial charge in [-0.15, -0.1) is 11.8 Å². The minimum atomic E-state index is -1.27. The monoisotopic (exact) mass is 402 g/mol. The second kappa shape index (κ2) is 8.26. The Bertz CT molecular complexity index is 883. The van der Waals surface area contributed by atoms with Gasteiger partial charge in [0.1, 0.15) is 17.1 Å². The summed E-state index contributed by atoms with van der Waals surface area (Å²) >= 11 is 1.33. The molecule has 9 nitrogen and oxygen atoms in total. The number of hydrogen-bond acceptors (Lipinski definition) is 6. The summed E-state index contributed by atoms with van der Waals surface area (Å²) in [5.74, 6) is -2.16. The van der Waals surface area contributed by atoms with Crippen molar-refractivity contribution in [3.8, 4) is 0 Å². The first-order valence-electron chi connectivity index (χ1n) is 8.42. The van der Waals surface area contributed by atoms with E-state index in [4.69, 9.17) is 0 Å². The van der Waals surface area contributed by atoms with Gasteiger partial charge in [-0.25, -0.2) is 10.2 Å². The van der Waals surface area contributed by atoms with E-state index in [0.29, 0.717) is 5.57 Å². The van der Waals surface area contributed by atoms with Gasteiger partial charge in [-0.3, -0.25) is 19.3 Å². The Morgan fingerprint density at radius 2 is 2.04 bits per heavy atom. The Labute approximate surface area is 164 Å². The van der Waals surface area contributed by atoms with Crippen molar-refractivity contribution in [2.24, 2.45) is 5.10 Å². The molecular formula is C18H18N4O5S. The van der Waals surface area contributed by atoms with Crippen LogP contribution in [0.25, 0.3) is 0 Å². The molecule has 1 aromatic carbocycles. The number of carboxylic acid groups (broad SMARTS) is 1. The number of fused-ring (bicyclic) bond motifs is 1. The third kappa shape index (κ3) is 4.06. The van der Waals surface area contributed by atoms with Crippen LogP contribution in [0.5, 0.6) is 0 Å². The fourth-order valence-corrected chi connectivity index (χ4v) is 4.25. The van der Waals surface area contributed by atoms with Crippen molar-refractivity contribution in [3.05, 3.63) is 47.2 Å². The quantitative estimate of drug-likeness (QED) is 0.351. The summed E-state index contributed by atoms with van der Waals surface area (Å²) in [6.45, 7) is 1.27. The van der Waals surface area contributed by atoms with Crippen molar-refractivity contribution in [1.29, 1.82) is 0 Å². The van der Waals surface area contributed by atoms with Crippen molar-refractivity contribution in [2.75, 3.05) is 5.75 Å². The van der Waals surface area contributed by atoms with E-state index >= 15 is 0 Å². The van der Waals surface area contributed by atoms with Gasteiger partial charge in [-0.05, 0) is 5.56 Å². The number of carboxylic acids is 1. The predicted octanol–water partition coefficient (Wildman–Crippen LogP) is 0.0896. The maximum Gasteiger partial charge on any atom is 0.353 e. The normalized spacial score (nSPS) is 21.2. The van der Waals surface area contributed by atoms with Gasteiger partial charge in [0.2, 0.25) is 11.8 Å². The third-order valence-corrected chi connectivity index (χ3v) is 5.47. The number of hydrazone groups is 1. The summed E-state index contributed by atoms with van der Waals surface area (Å²) in [7, 11) is 0. The van der Waals surface area contributed by atoms with E-state index in [0.717, 1.165) is 10.5 Å². The second-order valence-electron chi connectivity index (χ2n) is 6.22. The van der Waals surface area contributed by atoms with Crippen LogP contribution >= 0.6 is 11.8 Å². The average Bonchev–Trinajstić information content (AvgIpc) is 2.66. The molecule has 0 saturated carbocycles. The molecule has 3 amide bonds. The molecule has 1 unspecified atom stereocenters. The molecule has 2 aliphatic heterocycles. The highest BCUT2D eigenvalue weighted by molar-refractivity contribution is 8.00. The standard InChI is InChI=1S/C18H18N4O5S/c1-10(23)21-19-8-12-9-28-17-14(16(25)22(17)15(12)18(26)27)20-13(24)7-11-5-3-2-4-6-11/h2-6,8,14,17H,7,9H2,1H3,(H,20,24)(H,21,23)(H,26,27)/t14?,17-/m0/s1. The number of carbonyl (C=O) groups is 4. The van der Waals surface area contributed by atoms with E-state index in [2.05, 4.69) is 15.8 Å². The second-order valence-corrected chi connectivity index (χ2v) is 7.33. The highest BCUT2D eigenvalue weighted by Crippen LogP contribution is 2.39. The largest absolute Gasteiger partial charge is 0.477 e. The minimum Gasteiger partial charge on any atom is -0.477 e. The lowest BCUT2D eigenvalue weighted by molar-refractivity contribution is -0.150. The summed E-state index contributed by atoms with van der Waals surface area (Å²) in [4.78, 5) is 48.5. The van der Waals surface area contributed by atoms with Crippen LogP contribution in [0.1, 0.15) is 12.5 Å². The number of nitrogens with zero attached hydrogens (tertiary/aromatic N) is 2. The molecule has 0 spiro atoms. The summed E-state index contributed by atoms with van der Waals surface area (Å²) in [6, 6.07) is 8.35. The summed E-state index contributed by atoms with van der Waals surface area (Å²) in [5.41, 5.74) is 3.15. The van der Waals surface area contributed by atoms with Gasteiger partial charge in [0.05, 0.1) is 12.6 Å². The van der Waals surface area contributed by atoms with Crippen LogP contribution in [0.2, 0.25) is 0 Å². The lowest BCUT2D eigenvalue weighted by Crippen LogP contribution is -2.70. The third-order valence-electron chi connectivity index (χ3n) is 4.17. The molecule has 0 radical (unpaired) electrons. The Hall–Kier alpha value is -3.14. The molecule has 0 aliphatic carbocycles. The van der Waals surface area contributed by atoms with E-state index in [1.165, 1.54) is 24.9 Å². The number of carbonyl (C=O) groups excluding carboxylic acids is 3. The van der Waals surface area contributed by atoms with Crippen LogP contribution in [0.15, 0.2) is 46.7 Å². The molecule has 1 aromatic rings. The van der Waals surface area contributed by atoms with Crippen LogP contribution in [0.4, 0.5) is 0 Å². The fraction of sp³-hybridized carbons (Fsp3) is 0.278. The van der Waals surface area contributed by atoms with Gasteiger partial charge in [0.15, 0.2) is 0 Å². The van der Waals surface area contributed by atoms with Crippen molar-refractivity contribution >= 4 is 41.7 Å². The molecule has 3 rings (SSSR count). The Morgan fingerprint density at radius 3 is 2.68 bits per heavy atom.